The summed E-state index contributed by atoms with van der Waals surface area (Å²) in [5.74, 6) is 1.39. The fraction of sp³-hybridized carbons (Fsp3) is 0.929. The predicted molar refractivity (Wildman–Crippen MR) is 69.8 cm³/mol. The Balaban J connectivity index is 1.80. The maximum atomic E-state index is 12.1. The summed E-state index contributed by atoms with van der Waals surface area (Å²) in [5, 5.41) is 6.52. The van der Waals surface area contributed by atoms with Crippen molar-refractivity contribution in [3.63, 3.8) is 0 Å². The van der Waals surface area contributed by atoms with E-state index in [1.54, 1.807) is 0 Å². The van der Waals surface area contributed by atoms with E-state index < -0.39 is 0 Å². The molecule has 3 heteroatoms. The summed E-state index contributed by atoms with van der Waals surface area (Å²) in [6.07, 6.45) is 7.74. The summed E-state index contributed by atoms with van der Waals surface area (Å²) >= 11 is 0. The van der Waals surface area contributed by atoms with Crippen LogP contribution in [-0.2, 0) is 4.79 Å². The lowest BCUT2D eigenvalue weighted by Gasteiger charge is -2.29. The molecule has 1 saturated carbocycles. The zero-order chi connectivity index (χ0) is 12.3. The standard InChI is InChI=1S/C14H26N2O/c1-10-8-9-15-13(10)14(17)16-11(2)12-6-4-3-5-7-12/h10-13,15H,3-9H2,1-2H3,(H,16,17)/t10?,11-,13?/m1/s1. The number of hydrogen-bond acceptors (Lipinski definition) is 2. The maximum Gasteiger partial charge on any atom is 0.237 e. The smallest absolute Gasteiger partial charge is 0.237 e. The second kappa shape index (κ2) is 5.85. The zero-order valence-electron chi connectivity index (χ0n) is 11.2. The molecule has 2 unspecified atom stereocenters. The van der Waals surface area contributed by atoms with Gasteiger partial charge < -0.3 is 10.6 Å². The third-order valence-electron chi connectivity index (χ3n) is 4.54. The van der Waals surface area contributed by atoms with Gasteiger partial charge in [0.15, 0.2) is 0 Å². The molecule has 1 aliphatic carbocycles. The fourth-order valence-corrected chi connectivity index (χ4v) is 3.25. The van der Waals surface area contributed by atoms with Crippen LogP contribution in [0.2, 0.25) is 0 Å². The molecule has 0 aromatic heterocycles. The first kappa shape index (κ1) is 12.9. The summed E-state index contributed by atoms with van der Waals surface area (Å²) in [4.78, 5) is 12.1. The molecule has 2 fully saturated rings. The number of hydrogen-bond donors (Lipinski definition) is 2. The largest absolute Gasteiger partial charge is 0.352 e. The molecule has 98 valence electrons. The van der Waals surface area contributed by atoms with Gasteiger partial charge in [0.05, 0.1) is 6.04 Å². The Hall–Kier alpha value is -0.570. The van der Waals surface area contributed by atoms with E-state index in [0.717, 1.165) is 13.0 Å². The minimum absolute atomic E-state index is 0.0426. The van der Waals surface area contributed by atoms with E-state index in [-0.39, 0.29) is 11.9 Å². The third kappa shape index (κ3) is 3.21. The van der Waals surface area contributed by atoms with Crippen LogP contribution in [0.25, 0.3) is 0 Å². The molecule has 2 rings (SSSR count). The molecule has 1 amide bonds. The van der Waals surface area contributed by atoms with Crippen molar-refractivity contribution >= 4 is 5.91 Å². The highest BCUT2D eigenvalue weighted by molar-refractivity contribution is 5.82. The third-order valence-corrected chi connectivity index (χ3v) is 4.54. The first-order valence-corrected chi connectivity index (χ1v) is 7.22. The molecule has 1 saturated heterocycles. The molecule has 1 heterocycles. The molecule has 0 radical (unpaired) electrons. The Morgan fingerprint density at radius 1 is 1.24 bits per heavy atom. The van der Waals surface area contributed by atoms with Crippen molar-refractivity contribution in [1.29, 1.82) is 0 Å². The highest BCUT2D eigenvalue weighted by atomic mass is 16.2. The van der Waals surface area contributed by atoms with Crippen LogP contribution in [0.5, 0.6) is 0 Å². The average molecular weight is 238 g/mol. The lowest BCUT2D eigenvalue weighted by atomic mass is 9.84. The molecule has 0 aromatic carbocycles. The van der Waals surface area contributed by atoms with Crippen LogP contribution in [0.15, 0.2) is 0 Å². The van der Waals surface area contributed by atoms with Crippen molar-refractivity contribution in [2.24, 2.45) is 11.8 Å². The molecule has 2 N–H and O–H groups in total. The van der Waals surface area contributed by atoms with E-state index in [9.17, 15) is 4.79 Å². The van der Waals surface area contributed by atoms with Gasteiger partial charge >= 0.3 is 0 Å². The highest BCUT2D eigenvalue weighted by Gasteiger charge is 2.31. The van der Waals surface area contributed by atoms with Crippen molar-refractivity contribution in [2.75, 3.05) is 6.54 Å². The van der Waals surface area contributed by atoms with E-state index >= 15 is 0 Å². The summed E-state index contributed by atoms with van der Waals surface area (Å²) in [7, 11) is 0. The van der Waals surface area contributed by atoms with Crippen molar-refractivity contribution in [3.05, 3.63) is 0 Å². The van der Waals surface area contributed by atoms with Crippen LogP contribution in [0.3, 0.4) is 0 Å². The Bertz CT molecular complexity index is 261. The lowest BCUT2D eigenvalue weighted by Crippen LogP contribution is -2.48. The minimum atomic E-state index is 0.0426. The van der Waals surface area contributed by atoms with Gasteiger partial charge in [0.2, 0.25) is 5.91 Å². The molecule has 1 aliphatic heterocycles. The number of nitrogens with one attached hydrogen (secondary N) is 2. The number of carbonyl (C=O) groups is 1. The topological polar surface area (TPSA) is 41.1 Å². The Labute approximate surface area is 105 Å². The van der Waals surface area contributed by atoms with Crippen molar-refractivity contribution in [2.45, 2.75) is 64.5 Å². The van der Waals surface area contributed by atoms with E-state index in [1.807, 2.05) is 0 Å². The second-order valence-corrected chi connectivity index (χ2v) is 5.89. The van der Waals surface area contributed by atoms with Gasteiger partial charge in [-0.05, 0) is 44.6 Å². The van der Waals surface area contributed by atoms with Gasteiger partial charge in [0.25, 0.3) is 0 Å². The van der Waals surface area contributed by atoms with Crippen LogP contribution in [0.1, 0.15) is 52.4 Å². The van der Waals surface area contributed by atoms with Crippen LogP contribution < -0.4 is 10.6 Å². The molecule has 3 nitrogen and oxygen atoms in total. The van der Waals surface area contributed by atoms with Crippen molar-refractivity contribution in [1.82, 2.24) is 10.6 Å². The van der Waals surface area contributed by atoms with Crippen LogP contribution in [-0.4, -0.2) is 24.5 Å². The summed E-state index contributed by atoms with van der Waals surface area (Å²) in [6, 6.07) is 0.387. The Kier molecular flexibility index (Phi) is 4.43. The molecule has 2 aliphatic rings. The average Bonchev–Trinajstić information content (AvgIpc) is 2.76. The Morgan fingerprint density at radius 3 is 2.53 bits per heavy atom. The minimum Gasteiger partial charge on any atom is -0.352 e. The first-order valence-electron chi connectivity index (χ1n) is 7.22. The molecule has 0 aromatic rings. The number of carbonyl (C=O) groups excluding carboxylic acids is 1. The molecule has 0 bridgehead atoms. The fourth-order valence-electron chi connectivity index (χ4n) is 3.25. The second-order valence-electron chi connectivity index (χ2n) is 5.89. The first-order chi connectivity index (χ1) is 8.18. The molecular formula is C14H26N2O. The number of amides is 1. The Morgan fingerprint density at radius 2 is 1.94 bits per heavy atom. The number of rotatable bonds is 3. The quantitative estimate of drug-likeness (QED) is 0.790. The molecule has 17 heavy (non-hydrogen) atoms. The monoisotopic (exact) mass is 238 g/mol. The lowest BCUT2D eigenvalue weighted by molar-refractivity contribution is -0.124. The van der Waals surface area contributed by atoms with Gasteiger partial charge in [-0.3, -0.25) is 4.79 Å². The zero-order valence-corrected chi connectivity index (χ0v) is 11.2. The van der Waals surface area contributed by atoms with E-state index in [1.165, 1.54) is 32.1 Å². The van der Waals surface area contributed by atoms with Gasteiger partial charge in [-0.1, -0.05) is 26.2 Å². The van der Waals surface area contributed by atoms with E-state index in [4.69, 9.17) is 0 Å². The van der Waals surface area contributed by atoms with Gasteiger partial charge in [0.1, 0.15) is 0 Å². The van der Waals surface area contributed by atoms with E-state index in [2.05, 4.69) is 24.5 Å². The summed E-state index contributed by atoms with van der Waals surface area (Å²) < 4.78 is 0. The van der Waals surface area contributed by atoms with Crippen LogP contribution in [0.4, 0.5) is 0 Å². The van der Waals surface area contributed by atoms with E-state index in [0.29, 0.717) is 17.9 Å². The van der Waals surface area contributed by atoms with Gasteiger partial charge in [0, 0.05) is 6.04 Å². The van der Waals surface area contributed by atoms with Crippen LogP contribution in [0, 0.1) is 11.8 Å². The normalized spacial score (nSPS) is 32.4. The highest BCUT2D eigenvalue weighted by Crippen LogP contribution is 2.26. The van der Waals surface area contributed by atoms with Gasteiger partial charge in [-0.15, -0.1) is 0 Å². The SMILES string of the molecule is CC1CCNC1C(=O)N[C@H](C)C1CCCCC1. The molecule has 3 atom stereocenters. The van der Waals surface area contributed by atoms with Gasteiger partial charge in [-0.2, -0.15) is 0 Å². The summed E-state index contributed by atoms with van der Waals surface area (Å²) in [6.45, 7) is 5.32. The van der Waals surface area contributed by atoms with Gasteiger partial charge in [-0.25, -0.2) is 0 Å². The maximum absolute atomic E-state index is 12.1. The summed E-state index contributed by atoms with van der Waals surface area (Å²) in [5.41, 5.74) is 0. The molecular weight excluding hydrogens is 212 g/mol. The van der Waals surface area contributed by atoms with Crippen LogP contribution >= 0.6 is 0 Å². The predicted octanol–water partition coefficient (Wildman–Crippen LogP) is 2.07. The van der Waals surface area contributed by atoms with Crippen molar-refractivity contribution in [3.8, 4) is 0 Å². The molecule has 0 spiro atoms. The van der Waals surface area contributed by atoms with Crippen molar-refractivity contribution < 1.29 is 4.79 Å².